The number of benzene rings is 1. The van der Waals surface area contributed by atoms with Gasteiger partial charge in [0.05, 0.1) is 16.4 Å². The van der Waals surface area contributed by atoms with Crippen molar-refractivity contribution in [2.24, 2.45) is 5.92 Å². The number of nitrogens with two attached hydrogens (primary N) is 1. The zero-order valence-electron chi connectivity index (χ0n) is 11.3. The number of rotatable bonds is 8. The maximum atomic E-state index is 12.0. The monoisotopic (exact) mass is 315 g/mol. The first kappa shape index (κ1) is 15.7. The number of nitrogen functional groups attached to an aromatic ring is 1. The van der Waals surface area contributed by atoms with Gasteiger partial charge in [0.25, 0.3) is 5.69 Å². The van der Waals surface area contributed by atoms with E-state index in [1.807, 2.05) is 0 Å². The number of anilines is 1. The minimum atomic E-state index is -3.81. The number of ether oxygens (including phenoxy) is 1. The lowest BCUT2D eigenvalue weighted by molar-refractivity contribution is -0.384. The van der Waals surface area contributed by atoms with E-state index in [9.17, 15) is 18.5 Å². The van der Waals surface area contributed by atoms with Gasteiger partial charge in [-0.15, -0.1) is 0 Å². The number of hydrogen-bond donors (Lipinski definition) is 2. The van der Waals surface area contributed by atoms with Crippen LogP contribution < -0.4 is 10.5 Å². The highest BCUT2D eigenvalue weighted by Crippen LogP contribution is 2.28. The average molecular weight is 315 g/mol. The van der Waals surface area contributed by atoms with Crippen LogP contribution in [0.2, 0.25) is 0 Å². The molecule has 0 bridgehead atoms. The lowest BCUT2D eigenvalue weighted by Crippen LogP contribution is -2.27. The highest BCUT2D eigenvalue weighted by molar-refractivity contribution is 7.89. The Morgan fingerprint density at radius 3 is 2.76 bits per heavy atom. The molecule has 0 radical (unpaired) electrons. The summed E-state index contributed by atoms with van der Waals surface area (Å²) in [5, 5.41) is 10.8. The van der Waals surface area contributed by atoms with E-state index in [1.165, 1.54) is 25.0 Å². The van der Waals surface area contributed by atoms with Crippen molar-refractivity contribution in [1.82, 2.24) is 4.72 Å². The van der Waals surface area contributed by atoms with Crippen molar-refractivity contribution < 1.29 is 18.1 Å². The summed E-state index contributed by atoms with van der Waals surface area (Å²) in [4.78, 5) is 9.86. The third-order valence-corrected chi connectivity index (χ3v) is 4.56. The molecule has 0 spiro atoms. The highest BCUT2D eigenvalue weighted by atomic mass is 32.2. The zero-order valence-corrected chi connectivity index (χ0v) is 12.1. The second kappa shape index (κ2) is 6.37. The van der Waals surface area contributed by atoms with Gasteiger partial charge in [0.1, 0.15) is 5.69 Å². The normalized spacial score (nSPS) is 15.0. The van der Waals surface area contributed by atoms with Crippen molar-refractivity contribution in [3.8, 4) is 0 Å². The lowest BCUT2D eigenvalue weighted by atomic mass is 10.3. The molecule has 8 nitrogen and oxygen atoms in total. The van der Waals surface area contributed by atoms with Gasteiger partial charge in [-0.1, -0.05) is 0 Å². The van der Waals surface area contributed by atoms with Gasteiger partial charge in [-0.3, -0.25) is 10.1 Å². The fourth-order valence-electron chi connectivity index (χ4n) is 1.71. The predicted octanol–water partition coefficient (Wildman–Crippen LogP) is 0.882. The van der Waals surface area contributed by atoms with Crippen LogP contribution in [0, 0.1) is 16.0 Å². The van der Waals surface area contributed by atoms with Crippen LogP contribution >= 0.6 is 0 Å². The van der Waals surface area contributed by atoms with Gasteiger partial charge in [-0.2, -0.15) is 0 Å². The molecule has 0 atom stereocenters. The molecular formula is C12H17N3O5S. The molecule has 1 fully saturated rings. The van der Waals surface area contributed by atoms with Crippen LogP contribution in [0.4, 0.5) is 11.4 Å². The first-order valence-electron chi connectivity index (χ1n) is 6.51. The largest absolute Gasteiger partial charge is 0.393 e. The van der Waals surface area contributed by atoms with Gasteiger partial charge < -0.3 is 10.5 Å². The van der Waals surface area contributed by atoms with Crippen molar-refractivity contribution >= 4 is 21.4 Å². The lowest BCUT2D eigenvalue weighted by Gasteiger charge is -2.08. The van der Waals surface area contributed by atoms with Crippen LogP contribution in [-0.4, -0.2) is 33.1 Å². The molecule has 0 aromatic heterocycles. The van der Waals surface area contributed by atoms with Gasteiger partial charge in [0.15, 0.2) is 0 Å². The Balaban J connectivity index is 1.94. The number of nitro benzene ring substituents is 1. The molecule has 21 heavy (non-hydrogen) atoms. The van der Waals surface area contributed by atoms with Gasteiger partial charge in [-0.25, -0.2) is 13.1 Å². The molecule has 1 aliphatic carbocycles. The molecule has 0 heterocycles. The van der Waals surface area contributed by atoms with E-state index in [0.717, 1.165) is 6.07 Å². The van der Waals surface area contributed by atoms with E-state index < -0.39 is 20.6 Å². The SMILES string of the molecule is Nc1ccc(S(=O)(=O)NCCOCC2CC2)cc1[N+](=O)[O-]. The molecule has 0 amide bonds. The smallest absolute Gasteiger partial charge is 0.293 e. The first-order chi connectivity index (χ1) is 9.90. The van der Waals surface area contributed by atoms with E-state index >= 15 is 0 Å². The Labute approximate surface area is 122 Å². The maximum absolute atomic E-state index is 12.0. The molecule has 2 rings (SSSR count). The Morgan fingerprint density at radius 2 is 2.14 bits per heavy atom. The van der Waals surface area contributed by atoms with Gasteiger partial charge in [0, 0.05) is 19.2 Å². The number of nitrogens with one attached hydrogen (secondary N) is 1. The Morgan fingerprint density at radius 1 is 1.43 bits per heavy atom. The quantitative estimate of drug-likeness (QED) is 0.317. The molecule has 1 saturated carbocycles. The minimum absolute atomic E-state index is 0.0771. The summed E-state index contributed by atoms with van der Waals surface area (Å²) in [7, 11) is -3.81. The number of nitro groups is 1. The molecule has 116 valence electrons. The Hall–Kier alpha value is -1.71. The van der Waals surface area contributed by atoms with E-state index in [0.29, 0.717) is 12.5 Å². The van der Waals surface area contributed by atoms with Crippen LogP contribution in [0.15, 0.2) is 23.1 Å². The van der Waals surface area contributed by atoms with E-state index in [1.54, 1.807) is 0 Å². The van der Waals surface area contributed by atoms with Crippen LogP contribution in [0.1, 0.15) is 12.8 Å². The molecule has 1 aliphatic rings. The first-order valence-corrected chi connectivity index (χ1v) is 8.00. The fourth-order valence-corrected chi connectivity index (χ4v) is 2.75. The average Bonchev–Trinajstić information content (AvgIpc) is 3.22. The Bertz CT molecular complexity index is 628. The summed E-state index contributed by atoms with van der Waals surface area (Å²) in [6.07, 6.45) is 2.33. The van der Waals surface area contributed by atoms with E-state index in [-0.39, 0.29) is 23.7 Å². The summed E-state index contributed by atoms with van der Waals surface area (Å²) in [5.41, 5.74) is 4.93. The maximum Gasteiger partial charge on any atom is 0.293 e. The Kier molecular flexibility index (Phi) is 4.76. The fraction of sp³-hybridized carbons (Fsp3) is 0.500. The predicted molar refractivity (Wildman–Crippen MR) is 76.2 cm³/mol. The summed E-state index contributed by atoms with van der Waals surface area (Å²) in [6, 6.07) is 3.38. The third-order valence-electron chi connectivity index (χ3n) is 3.10. The van der Waals surface area contributed by atoms with Crippen LogP contribution in [0.25, 0.3) is 0 Å². The standard InChI is InChI=1S/C12H17N3O5S/c13-11-4-3-10(7-12(11)15(16)17)21(18,19)14-5-6-20-8-9-1-2-9/h3-4,7,9,14H,1-2,5-6,8,13H2. The van der Waals surface area contributed by atoms with Crippen molar-refractivity contribution in [2.45, 2.75) is 17.7 Å². The van der Waals surface area contributed by atoms with Crippen LogP contribution in [-0.2, 0) is 14.8 Å². The minimum Gasteiger partial charge on any atom is -0.393 e. The van der Waals surface area contributed by atoms with Crippen LogP contribution in [0.5, 0.6) is 0 Å². The molecule has 0 saturated heterocycles. The van der Waals surface area contributed by atoms with E-state index in [4.69, 9.17) is 10.5 Å². The van der Waals surface area contributed by atoms with Gasteiger partial charge in [0.2, 0.25) is 10.0 Å². The second-order valence-corrected chi connectivity index (χ2v) is 6.66. The van der Waals surface area contributed by atoms with Crippen molar-refractivity contribution in [2.75, 3.05) is 25.5 Å². The topological polar surface area (TPSA) is 125 Å². The van der Waals surface area contributed by atoms with Gasteiger partial charge in [-0.05, 0) is 30.9 Å². The summed E-state index contributed by atoms with van der Waals surface area (Å²) in [5.74, 6) is 0.612. The number of sulfonamides is 1. The third kappa shape index (κ3) is 4.38. The molecule has 0 aliphatic heterocycles. The number of hydrogen-bond acceptors (Lipinski definition) is 6. The van der Waals surface area contributed by atoms with Crippen molar-refractivity contribution in [3.63, 3.8) is 0 Å². The second-order valence-electron chi connectivity index (χ2n) is 4.89. The van der Waals surface area contributed by atoms with E-state index in [2.05, 4.69) is 4.72 Å². The zero-order chi connectivity index (χ0) is 15.5. The molecular weight excluding hydrogens is 298 g/mol. The van der Waals surface area contributed by atoms with Crippen molar-refractivity contribution in [3.05, 3.63) is 28.3 Å². The van der Waals surface area contributed by atoms with Gasteiger partial charge >= 0.3 is 0 Å². The van der Waals surface area contributed by atoms with Crippen molar-refractivity contribution in [1.29, 1.82) is 0 Å². The summed E-state index contributed by atoms with van der Waals surface area (Å²) >= 11 is 0. The summed E-state index contributed by atoms with van der Waals surface area (Å²) < 4.78 is 31.6. The molecule has 9 heteroatoms. The summed E-state index contributed by atoms with van der Waals surface area (Å²) in [6.45, 7) is 1.04. The molecule has 0 unspecified atom stereocenters. The molecule has 1 aromatic carbocycles. The molecule has 1 aromatic rings. The number of nitrogens with zero attached hydrogens (tertiary/aromatic N) is 1. The highest BCUT2D eigenvalue weighted by Gasteiger charge is 2.22. The molecule has 3 N–H and O–H groups in total. The van der Waals surface area contributed by atoms with Crippen LogP contribution in [0.3, 0.4) is 0 Å².